The standard InChI is InChI=1S/C17H18F3N7/c18-17(19,20)13-3-1-10(2-4-13)8-27-9-11(7-24-27)5-12-6-14(21)25-16(26-23)15(12)22/h1-4,6-7,9H,5,8,22-23H2,(H3,21,25,26). The molecule has 2 aromatic heterocycles. The van der Waals surface area contributed by atoms with Crippen molar-refractivity contribution in [2.45, 2.75) is 19.1 Å². The fourth-order valence-electron chi connectivity index (χ4n) is 2.68. The lowest BCUT2D eigenvalue weighted by atomic mass is 10.1. The third-order valence-electron chi connectivity index (χ3n) is 4.01. The summed E-state index contributed by atoms with van der Waals surface area (Å²) in [5.74, 6) is 5.95. The highest BCUT2D eigenvalue weighted by Crippen LogP contribution is 2.29. The zero-order chi connectivity index (χ0) is 19.6. The molecular formula is C17H18F3N7. The predicted molar refractivity (Wildman–Crippen MR) is 96.5 cm³/mol. The Kier molecular flexibility index (Phi) is 4.91. The predicted octanol–water partition coefficient (Wildman–Crippen LogP) is 2.39. The number of nitrogens with two attached hydrogens (primary N) is 3. The summed E-state index contributed by atoms with van der Waals surface area (Å²) in [4.78, 5) is 3.99. The number of benzene rings is 1. The van der Waals surface area contributed by atoms with Gasteiger partial charge < -0.3 is 16.9 Å². The van der Waals surface area contributed by atoms with Gasteiger partial charge in [0.1, 0.15) is 5.82 Å². The molecule has 0 saturated carbocycles. The number of nitrogen functional groups attached to an aromatic ring is 3. The Hall–Kier alpha value is -3.27. The fourth-order valence-corrected chi connectivity index (χ4v) is 2.68. The summed E-state index contributed by atoms with van der Waals surface area (Å²) in [5.41, 5.74) is 16.2. The third kappa shape index (κ3) is 4.29. The zero-order valence-electron chi connectivity index (χ0n) is 14.2. The number of hydrogen-bond donors (Lipinski definition) is 4. The fraction of sp³-hybridized carbons (Fsp3) is 0.176. The Morgan fingerprint density at radius 2 is 1.78 bits per heavy atom. The first-order valence-corrected chi connectivity index (χ1v) is 7.95. The van der Waals surface area contributed by atoms with Crippen LogP contribution in [-0.4, -0.2) is 14.8 Å². The van der Waals surface area contributed by atoms with Gasteiger partial charge in [-0.3, -0.25) is 4.68 Å². The van der Waals surface area contributed by atoms with Gasteiger partial charge in [0, 0.05) is 12.6 Å². The molecule has 7 nitrogen and oxygen atoms in total. The van der Waals surface area contributed by atoms with Crippen LogP contribution in [0.5, 0.6) is 0 Å². The number of nitrogens with zero attached hydrogens (tertiary/aromatic N) is 3. The highest BCUT2D eigenvalue weighted by molar-refractivity contribution is 5.68. The van der Waals surface area contributed by atoms with Crippen molar-refractivity contribution in [3.05, 3.63) is 65.0 Å². The van der Waals surface area contributed by atoms with Crippen molar-refractivity contribution >= 4 is 17.3 Å². The van der Waals surface area contributed by atoms with Crippen molar-refractivity contribution in [1.29, 1.82) is 0 Å². The summed E-state index contributed by atoms with van der Waals surface area (Å²) >= 11 is 0. The van der Waals surface area contributed by atoms with Gasteiger partial charge >= 0.3 is 6.18 Å². The third-order valence-corrected chi connectivity index (χ3v) is 4.01. The first-order chi connectivity index (χ1) is 12.8. The summed E-state index contributed by atoms with van der Waals surface area (Å²) in [5, 5.41) is 4.24. The Morgan fingerprint density at radius 1 is 1.07 bits per heavy atom. The first-order valence-electron chi connectivity index (χ1n) is 7.95. The van der Waals surface area contributed by atoms with Gasteiger partial charge in [0.25, 0.3) is 0 Å². The van der Waals surface area contributed by atoms with Gasteiger partial charge in [0.15, 0.2) is 5.82 Å². The lowest BCUT2D eigenvalue weighted by Crippen LogP contribution is -2.13. The van der Waals surface area contributed by atoms with Gasteiger partial charge in [-0.2, -0.15) is 18.3 Å². The minimum atomic E-state index is -4.35. The maximum absolute atomic E-state index is 12.6. The van der Waals surface area contributed by atoms with E-state index in [0.29, 0.717) is 30.0 Å². The second-order valence-electron chi connectivity index (χ2n) is 6.03. The van der Waals surface area contributed by atoms with Crippen molar-refractivity contribution in [2.75, 3.05) is 16.9 Å². The average molecular weight is 377 g/mol. The zero-order valence-corrected chi connectivity index (χ0v) is 14.2. The van der Waals surface area contributed by atoms with Crippen molar-refractivity contribution < 1.29 is 13.2 Å². The van der Waals surface area contributed by atoms with Crippen LogP contribution in [0.25, 0.3) is 0 Å². The van der Waals surface area contributed by atoms with E-state index < -0.39 is 11.7 Å². The number of pyridine rings is 1. The number of rotatable bonds is 5. The van der Waals surface area contributed by atoms with Crippen LogP contribution in [0, 0.1) is 0 Å². The first kappa shape index (κ1) is 18.5. The lowest BCUT2D eigenvalue weighted by Gasteiger charge is -2.10. The Labute approximate surface area is 153 Å². The van der Waals surface area contributed by atoms with Crippen LogP contribution in [0.1, 0.15) is 22.3 Å². The molecular weight excluding hydrogens is 359 g/mol. The summed E-state index contributed by atoms with van der Waals surface area (Å²) < 4.78 is 39.5. The molecule has 142 valence electrons. The van der Waals surface area contributed by atoms with Crippen LogP contribution in [0.4, 0.5) is 30.5 Å². The summed E-state index contributed by atoms with van der Waals surface area (Å²) in [6.45, 7) is 0.349. The normalized spacial score (nSPS) is 11.6. The Morgan fingerprint density at radius 3 is 2.41 bits per heavy atom. The van der Waals surface area contributed by atoms with Gasteiger partial charge in [-0.05, 0) is 34.9 Å². The van der Waals surface area contributed by atoms with E-state index in [1.54, 1.807) is 23.1 Å². The SMILES string of the molecule is NNc1nc(N)cc(Cc2cnn(Cc3ccc(C(F)(F)F)cc3)c2)c1N. The van der Waals surface area contributed by atoms with Crippen molar-refractivity contribution in [1.82, 2.24) is 14.8 Å². The van der Waals surface area contributed by atoms with Crippen molar-refractivity contribution in [3.8, 4) is 0 Å². The minimum absolute atomic E-state index is 0.282. The number of hydrazine groups is 1. The molecule has 0 bridgehead atoms. The molecule has 27 heavy (non-hydrogen) atoms. The Balaban J connectivity index is 1.73. The van der Waals surface area contributed by atoms with Gasteiger partial charge in [-0.1, -0.05) is 12.1 Å². The van der Waals surface area contributed by atoms with E-state index >= 15 is 0 Å². The van der Waals surface area contributed by atoms with E-state index in [4.69, 9.17) is 17.3 Å². The number of hydrogen-bond acceptors (Lipinski definition) is 6. The summed E-state index contributed by atoms with van der Waals surface area (Å²) in [6.07, 6.45) is -0.430. The average Bonchev–Trinajstić information content (AvgIpc) is 3.04. The van der Waals surface area contributed by atoms with Crippen LogP contribution >= 0.6 is 0 Å². The number of alkyl halides is 3. The van der Waals surface area contributed by atoms with Crippen molar-refractivity contribution in [2.24, 2.45) is 5.84 Å². The van der Waals surface area contributed by atoms with E-state index in [1.165, 1.54) is 12.1 Å². The van der Waals surface area contributed by atoms with Gasteiger partial charge in [-0.15, -0.1) is 0 Å². The molecule has 2 heterocycles. The molecule has 0 amide bonds. The molecule has 10 heteroatoms. The molecule has 0 saturated heterocycles. The second-order valence-corrected chi connectivity index (χ2v) is 6.03. The second kappa shape index (κ2) is 7.16. The quantitative estimate of drug-likeness (QED) is 0.400. The maximum atomic E-state index is 12.6. The monoisotopic (exact) mass is 377 g/mol. The molecule has 0 aliphatic carbocycles. The number of halogens is 3. The van der Waals surface area contributed by atoms with E-state index in [1.807, 2.05) is 0 Å². The molecule has 0 atom stereocenters. The number of nitrogens with one attached hydrogen (secondary N) is 1. The van der Waals surface area contributed by atoms with Gasteiger partial charge in [0.05, 0.1) is 24.0 Å². The van der Waals surface area contributed by atoms with Crippen molar-refractivity contribution in [3.63, 3.8) is 0 Å². The molecule has 0 radical (unpaired) electrons. The molecule has 7 N–H and O–H groups in total. The maximum Gasteiger partial charge on any atom is 0.416 e. The Bertz CT molecular complexity index is 933. The van der Waals surface area contributed by atoms with E-state index in [2.05, 4.69) is 15.5 Å². The van der Waals surface area contributed by atoms with E-state index in [9.17, 15) is 13.2 Å². The van der Waals surface area contributed by atoms with Gasteiger partial charge in [0.2, 0.25) is 0 Å². The van der Waals surface area contributed by atoms with Crippen LogP contribution < -0.4 is 22.7 Å². The van der Waals surface area contributed by atoms with Gasteiger partial charge in [-0.25, -0.2) is 10.8 Å². The largest absolute Gasteiger partial charge is 0.416 e. The number of anilines is 3. The molecule has 0 fully saturated rings. The minimum Gasteiger partial charge on any atom is -0.395 e. The molecule has 1 aromatic carbocycles. The van der Waals surface area contributed by atoms with E-state index in [-0.39, 0.29) is 5.82 Å². The summed E-state index contributed by atoms with van der Waals surface area (Å²) in [7, 11) is 0. The number of aromatic nitrogens is 3. The smallest absolute Gasteiger partial charge is 0.395 e. The molecule has 0 spiro atoms. The van der Waals surface area contributed by atoms with Crippen LogP contribution in [0.2, 0.25) is 0 Å². The van der Waals surface area contributed by atoms with E-state index in [0.717, 1.165) is 23.3 Å². The molecule has 0 aliphatic rings. The molecule has 0 aliphatic heterocycles. The highest BCUT2D eigenvalue weighted by atomic mass is 19.4. The van der Waals surface area contributed by atoms with Crippen LogP contribution in [0.3, 0.4) is 0 Å². The highest BCUT2D eigenvalue weighted by Gasteiger charge is 2.29. The molecule has 3 rings (SSSR count). The topological polar surface area (TPSA) is 121 Å². The molecule has 0 unspecified atom stereocenters. The molecule has 3 aromatic rings. The van der Waals surface area contributed by atoms with Crippen LogP contribution in [0.15, 0.2) is 42.7 Å². The summed E-state index contributed by atoms with van der Waals surface area (Å²) in [6, 6.07) is 6.64. The van der Waals surface area contributed by atoms with Crippen LogP contribution in [-0.2, 0) is 19.1 Å². The lowest BCUT2D eigenvalue weighted by molar-refractivity contribution is -0.137.